The molecule has 8 nitrogen and oxygen atoms in total. The van der Waals surface area contributed by atoms with Gasteiger partial charge in [0.2, 0.25) is 0 Å². The largest absolute Gasteiger partial charge is 0.385 e. The first kappa shape index (κ1) is 26.6. The summed E-state index contributed by atoms with van der Waals surface area (Å²) in [6, 6.07) is 10.2. The fourth-order valence-electron chi connectivity index (χ4n) is 3.95. The van der Waals surface area contributed by atoms with Crippen molar-refractivity contribution in [2.75, 3.05) is 25.0 Å². The predicted molar refractivity (Wildman–Crippen MR) is 137 cm³/mol. The maximum absolute atomic E-state index is 12.3. The maximum atomic E-state index is 12.3. The number of nitrogens with one attached hydrogen (secondary N) is 1. The zero-order chi connectivity index (χ0) is 25.8. The Kier molecular flexibility index (Phi) is 8.11. The molecule has 3 N–H and O–H groups in total. The Bertz CT molecular complexity index is 1430. The molecule has 0 saturated heterocycles. The first-order valence-corrected chi connectivity index (χ1v) is 14.0. The molecule has 2 aromatic rings. The molecule has 0 heterocycles. The van der Waals surface area contributed by atoms with Gasteiger partial charge in [-0.05, 0) is 80.0 Å². The molecule has 3 rings (SSSR count). The molecule has 1 aliphatic rings. The standard InChI is InChI=1S/C25H28N2O6S2/c1-4-26-20-11-7-18(8-12-20)25(19-9-13-21(14-10-19)27(5-2)6-3)23-17-22(34(28,29)30)15-16-24(23)35(31,32)33/h7-17H,4-6H2,1-3H3,(H2,28,29,30,31,32,33)/p+1. The SMILES string of the molecule is CCNc1ccc(C(=C2C=CC(=[N+](CC)CC)C=C2)c2cc(S(=O)(=O)O)ccc2S(=O)(=O)O)cc1. The van der Waals surface area contributed by atoms with E-state index in [1.807, 2.05) is 57.2 Å². The van der Waals surface area contributed by atoms with Crippen molar-refractivity contribution in [3.8, 4) is 0 Å². The second kappa shape index (κ2) is 10.7. The average molecular weight is 518 g/mol. The molecule has 0 radical (unpaired) electrons. The van der Waals surface area contributed by atoms with Crippen LogP contribution in [0.2, 0.25) is 0 Å². The second-order valence-electron chi connectivity index (χ2n) is 7.81. The highest BCUT2D eigenvalue weighted by molar-refractivity contribution is 7.86. The summed E-state index contributed by atoms with van der Waals surface area (Å²) in [5.41, 5.74) is 3.37. The molecule has 0 saturated carbocycles. The van der Waals surface area contributed by atoms with Gasteiger partial charge in [0.1, 0.15) is 18.0 Å². The highest BCUT2D eigenvalue weighted by atomic mass is 32.2. The zero-order valence-corrected chi connectivity index (χ0v) is 21.4. The number of rotatable bonds is 8. The molecule has 35 heavy (non-hydrogen) atoms. The Morgan fingerprint density at radius 1 is 0.829 bits per heavy atom. The van der Waals surface area contributed by atoms with E-state index in [-0.39, 0.29) is 5.56 Å². The molecule has 0 atom stereocenters. The highest BCUT2D eigenvalue weighted by Gasteiger charge is 2.24. The monoisotopic (exact) mass is 517 g/mol. The van der Waals surface area contributed by atoms with Crippen molar-refractivity contribution < 1.29 is 30.5 Å². The fraction of sp³-hybridized carbons (Fsp3) is 0.240. The third-order valence-electron chi connectivity index (χ3n) is 5.64. The smallest absolute Gasteiger partial charge is 0.295 e. The van der Waals surface area contributed by atoms with Crippen molar-refractivity contribution in [1.82, 2.24) is 0 Å². The first-order valence-electron chi connectivity index (χ1n) is 11.2. The van der Waals surface area contributed by atoms with E-state index in [1.165, 1.54) is 0 Å². The van der Waals surface area contributed by atoms with Crippen LogP contribution >= 0.6 is 0 Å². The van der Waals surface area contributed by atoms with Crippen LogP contribution in [-0.2, 0) is 20.2 Å². The number of nitrogens with zero attached hydrogens (tertiary/aromatic N) is 1. The maximum Gasteiger partial charge on any atom is 0.295 e. The Hall–Kier alpha value is -3.05. The molecule has 0 unspecified atom stereocenters. The van der Waals surface area contributed by atoms with E-state index >= 15 is 0 Å². The minimum Gasteiger partial charge on any atom is -0.385 e. The zero-order valence-electron chi connectivity index (χ0n) is 19.8. The van der Waals surface area contributed by atoms with Crippen molar-refractivity contribution >= 4 is 37.2 Å². The van der Waals surface area contributed by atoms with E-state index in [2.05, 4.69) is 9.89 Å². The van der Waals surface area contributed by atoms with Gasteiger partial charge in [0.15, 0.2) is 5.71 Å². The predicted octanol–water partition coefficient (Wildman–Crippen LogP) is 4.03. The van der Waals surface area contributed by atoms with E-state index in [0.717, 1.165) is 42.7 Å². The van der Waals surface area contributed by atoms with Gasteiger partial charge in [-0.3, -0.25) is 9.11 Å². The fourth-order valence-corrected chi connectivity index (χ4v) is 5.14. The molecule has 0 aliphatic heterocycles. The van der Waals surface area contributed by atoms with Crippen LogP contribution in [0.15, 0.2) is 82.1 Å². The molecule has 0 bridgehead atoms. The normalized spacial score (nSPS) is 13.7. The molecule has 2 aromatic carbocycles. The third kappa shape index (κ3) is 6.15. The van der Waals surface area contributed by atoms with Crippen molar-refractivity contribution in [3.05, 3.63) is 83.5 Å². The summed E-state index contributed by atoms with van der Waals surface area (Å²) in [5, 5.41) is 3.19. The van der Waals surface area contributed by atoms with Crippen LogP contribution in [0.4, 0.5) is 5.69 Å². The Morgan fingerprint density at radius 3 is 1.91 bits per heavy atom. The van der Waals surface area contributed by atoms with Crippen molar-refractivity contribution in [3.63, 3.8) is 0 Å². The van der Waals surface area contributed by atoms with Crippen molar-refractivity contribution in [2.45, 2.75) is 30.6 Å². The summed E-state index contributed by atoms with van der Waals surface area (Å²) in [5.74, 6) is 0. The van der Waals surface area contributed by atoms with Gasteiger partial charge in [0.05, 0.1) is 4.90 Å². The van der Waals surface area contributed by atoms with E-state index in [0.29, 0.717) is 23.3 Å². The van der Waals surface area contributed by atoms with E-state index in [1.54, 1.807) is 12.1 Å². The summed E-state index contributed by atoms with van der Waals surface area (Å²) in [7, 11) is -9.35. The Balaban J connectivity index is 2.37. The van der Waals surface area contributed by atoms with E-state index in [4.69, 9.17) is 0 Å². The molecule has 186 valence electrons. The molecule has 1 aliphatic carbocycles. The molecule has 0 amide bonds. The van der Waals surface area contributed by atoms with Gasteiger partial charge in [0, 0.05) is 29.9 Å². The van der Waals surface area contributed by atoms with Crippen LogP contribution in [0, 0.1) is 0 Å². The molecule has 0 spiro atoms. The van der Waals surface area contributed by atoms with Gasteiger partial charge in [0.25, 0.3) is 20.2 Å². The third-order valence-corrected chi connectivity index (χ3v) is 7.40. The van der Waals surface area contributed by atoms with Gasteiger partial charge in [-0.2, -0.15) is 16.8 Å². The lowest BCUT2D eigenvalue weighted by molar-refractivity contribution is -0.519. The van der Waals surface area contributed by atoms with Crippen molar-refractivity contribution in [2.24, 2.45) is 0 Å². The van der Waals surface area contributed by atoms with Gasteiger partial charge in [-0.1, -0.05) is 12.1 Å². The number of benzene rings is 2. The van der Waals surface area contributed by atoms with E-state index < -0.39 is 30.0 Å². The van der Waals surface area contributed by atoms with Gasteiger partial charge in [-0.25, -0.2) is 4.58 Å². The number of hydrogen-bond acceptors (Lipinski definition) is 5. The van der Waals surface area contributed by atoms with Gasteiger partial charge in [-0.15, -0.1) is 0 Å². The second-order valence-corrected chi connectivity index (χ2v) is 10.6. The number of hydrogen-bond donors (Lipinski definition) is 3. The lowest BCUT2D eigenvalue weighted by Gasteiger charge is -2.17. The van der Waals surface area contributed by atoms with Gasteiger partial charge < -0.3 is 5.32 Å². The lowest BCUT2D eigenvalue weighted by Crippen LogP contribution is -2.19. The molecule has 0 aromatic heterocycles. The summed E-state index contributed by atoms with van der Waals surface area (Å²) < 4.78 is 69.9. The summed E-state index contributed by atoms with van der Waals surface area (Å²) in [4.78, 5) is -0.954. The van der Waals surface area contributed by atoms with Crippen LogP contribution in [0.3, 0.4) is 0 Å². The topological polar surface area (TPSA) is 124 Å². The summed E-state index contributed by atoms with van der Waals surface area (Å²) >= 11 is 0. The summed E-state index contributed by atoms with van der Waals surface area (Å²) in [6.45, 7) is 8.37. The lowest BCUT2D eigenvalue weighted by atomic mass is 9.90. The molecule has 0 fully saturated rings. The van der Waals surface area contributed by atoms with Crippen molar-refractivity contribution in [1.29, 1.82) is 0 Å². The Labute approximate surface area is 206 Å². The number of allylic oxidation sites excluding steroid dienone is 5. The average Bonchev–Trinajstić information content (AvgIpc) is 2.81. The van der Waals surface area contributed by atoms with E-state index in [9.17, 15) is 25.9 Å². The van der Waals surface area contributed by atoms with Gasteiger partial charge >= 0.3 is 0 Å². The number of anilines is 1. The van der Waals surface area contributed by atoms with Crippen LogP contribution in [0.5, 0.6) is 0 Å². The van der Waals surface area contributed by atoms with Crippen LogP contribution in [0.1, 0.15) is 31.9 Å². The minimum atomic E-state index is -4.72. The molecular weight excluding hydrogens is 488 g/mol. The van der Waals surface area contributed by atoms with Crippen LogP contribution in [-0.4, -0.2) is 55.9 Å². The molecule has 10 heteroatoms. The summed E-state index contributed by atoms with van der Waals surface area (Å²) in [6.07, 6.45) is 7.42. The van der Waals surface area contributed by atoms with Crippen LogP contribution < -0.4 is 5.32 Å². The highest BCUT2D eigenvalue weighted by Crippen LogP contribution is 2.35. The van der Waals surface area contributed by atoms with Crippen LogP contribution in [0.25, 0.3) is 5.57 Å². The Morgan fingerprint density at radius 2 is 1.43 bits per heavy atom. The molecular formula is C25H29N2O6S2+. The first-order chi connectivity index (χ1) is 16.5. The quantitative estimate of drug-likeness (QED) is 0.357. The minimum absolute atomic E-state index is 0.0468.